The van der Waals surface area contributed by atoms with Gasteiger partial charge in [-0.3, -0.25) is 4.99 Å². The Balaban J connectivity index is 1.87. The Morgan fingerprint density at radius 2 is 1.88 bits per heavy atom. The van der Waals surface area contributed by atoms with E-state index < -0.39 is 0 Å². The van der Waals surface area contributed by atoms with Gasteiger partial charge in [0.15, 0.2) is 0 Å². The van der Waals surface area contributed by atoms with Crippen LogP contribution in [0.25, 0.3) is 10.8 Å². The van der Waals surface area contributed by atoms with Gasteiger partial charge in [0.05, 0.1) is 19.7 Å². The molecule has 134 valence electrons. The van der Waals surface area contributed by atoms with Crippen molar-refractivity contribution in [1.82, 2.24) is 4.90 Å². The van der Waals surface area contributed by atoms with Crippen LogP contribution < -0.4 is 4.74 Å². The maximum atomic E-state index is 10.3. The summed E-state index contributed by atoms with van der Waals surface area (Å²) in [6.45, 7) is 0.586. The Morgan fingerprint density at radius 1 is 1.08 bits per heavy atom. The standard InChI is InChI=1S/C22H24N2O2/c1-24(2)21(17-8-6-9-18(13-17)26-3)15-23-14-20-19-10-5-4-7-16(19)11-12-22(20)25/h4-14,21,25H,15H2,1-3H3/t21-/m1/s1. The quantitative estimate of drug-likeness (QED) is 0.677. The number of hydrogen-bond donors (Lipinski definition) is 1. The molecule has 1 atom stereocenters. The van der Waals surface area contributed by atoms with Gasteiger partial charge in [0.1, 0.15) is 11.5 Å². The van der Waals surface area contributed by atoms with E-state index in [1.165, 1.54) is 0 Å². The van der Waals surface area contributed by atoms with Crippen molar-refractivity contribution in [2.45, 2.75) is 6.04 Å². The molecule has 0 unspecified atom stereocenters. The number of methoxy groups -OCH3 is 1. The van der Waals surface area contributed by atoms with Gasteiger partial charge < -0.3 is 14.7 Å². The highest BCUT2D eigenvalue weighted by Gasteiger charge is 2.14. The molecule has 0 saturated carbocycles. The summed E-state index contributed by atoms with van der Waals surface area (Å²) in [6.07, 6.45) is 1.77. The lowest BCUT2D eigenvalue weighted by atomic mass is 10.0. The van der Waals surface area contributed by atoms with E-state index in [1.54, 1.807) is 19.4 Å². The molecule has 0 aliphatic rings. The summed E-state index contributed by atoms with van der Waals surface area (Å²) in [5.74, 6) is 1.08. The second kappa shape index (κ2) is 8.02. The fourth-order valence-corrected chi connectivity index (χ4v) is 3.08. The molecular weight excluding hydrogens is 324 g/mol. The van der Waals surface area contributed by atoms with Gasteiger partial charge in [-0.25, -0.2) is 0 Å². The Morgan fingerprint density at radius 3 is 2.65 bits per heavy atom. The minimum absolute atomic E-state index is 0.124. The van der Waals surface area contributed by atoms with E-state index in [0.717, 1.165) is 27.6 Å². The maximum absolute atomic E-state index is 10.3. The van der Waals surface area contributed by atoms with E-state index in [9.17, 15) is 5.11 Å². The molecule has 0 heterocycles. The van der Waals surface area contributed by atoms with E-state index in [1.807, 2.05) is 62.6 Å². The number of rotatable bonds is 6. The predicted molar refractivity (Wildman–Crippen MR) is 107 cm³/mol. The van der Waals surface area contributed by atoms with Gasteiger partial charge >= 0.3 is 0 Å². The first-order valence-corrected chi connectivity index (χ1v) is 8.61. The molecule has 4 nitrogen and oxygen atoms in total. The Hall–Kier alpha value is -2.85. The van der Waals surface area contributed by atoms with Crippen LogP contribution in [-0.2, 0) is 0 Å². The van der Waals surface area contributed by atoms with Crippen LogP contribution in [-0.4, -0.2) is 44.0 Å². The van der Waals surface area contributed by atoms with Crippen LogP contribution in [0.5, 0.6) is 11.5 Å². The number of benzene rings is 3. The lowest BCUT2D eigenvalue weighted by Gasteiger charge is -2.23. The first kappa shape index (κ1) is 18.0. The number of ether oxygens (including phenoxy) is 1. The largest absolute Gasteiger partial charge is 0.507 e. The van der Waals surface area contributed by atoms with Crippen LogP contribution in [0, 0.1) is 0 Å². The average Bonchev–Trinajstić information content (AvgIpc) is 2.66. The number of nitrogens with zero attached hydrogens (tertiary/aromatic N) is 2. The van der Waals surface area contributed by atoms with Gasteiger partial charge in [0.25, 0.3) is 0 Å². The average molecular weight is 348 g/mol. The van der Waals surface area contributed by atoms with Crippen LogP contribution >= 0.6 is 0 Å². The minimum Gasteiger partial charge on any atom is -0.507 e. The molecule has 0 aliphatic heterocycles. The fraction of sp³-hybridized carbons (Fsp3) is 0.227. The Labute approximate surface area is 154 Å². The molecule has 0 fully saturated rings. The topological polar surface area (TPSA) is 45.1 Å². The van der Waals surface area contributed by atoms with Crippen molar-refractivity contribution in [1.29, 1.82) is 0 Å². The Bertz CT molecular complexity index is 919. The number of hydrogen-bond acceptors (Lipinski definition) is 4. The summed E-state index contributed by atoms with van der Waals surface area (Å²) in [6, 6.07) is 19.8. The molecule has 3 rings (SSSR count). The number of aliphatic imine (C=N–C) groups is 1. The minimum atomic E-state index is 0.124. The molecule has 0 bridgehead atoms. The number of fused-ring (bicyclic) bond motifs is 1. The number of phenols is 1. The zero-order chi connectivity index (χ0) is 18.5. The summed E-state index contributed by atoms with van der Waals surface area (Å²) >= 11 is 0. The SMILES string of the molecule is COc1cccc([C@@H](CN=Cc2c(O)ccc3ccccc23)N(C)C)c1. The maximum Gasteiger partial charge on any atom is 0.124 e. The first-order chi connectivity index (χ1) is 12.6. The van der Waals surface area contributed by atoms with Crippen LogP contribution in [0.1, 0.15) is 17.2 Å². The number of phenolic OH excluding ortho intramolecular Hbond substituents is 1. The second-order valence-electron chi connectivity index (χ2n) is 6.47. The molecule has 4 heteroatoms. The molecule has 0 aliphatic carbocycles. The molecular formula is C22H24N2O2. The van der Waals surface area contributed by atoms with Crippen LogP contribution in [0.15, 0.2) is 65.7 Å². The number of aromatic hydroxyl groups is 1. The normalized spacial score (nSPS) is 12.8. The van der Waals surface area contributed by atoms with Gasteiger partial charge in [-0.15, -0.1) is 0 Å². The molecule has 0 spiro atoms. The van der Waals surface area contributed by atoms with Crippen molar-refractivity contribution in [3.63, 3.8) is 0 Å². The van der Waals surface area contributed by atoms with Crippen LogP contribution in [0.3, 0.4) is 0 Å². The van der Waals surface area contributed by atoms with Gasteiger partial charge in [-0.1, -0.05) is 42.5 Å². The molecule has 26 heavy (non-hydrogen) atoms. The summed E-state index contributed by atoms with van der Waals surface area (Å²) < 4.78 is 5.33. The molecule has 3 aromatic rings. The highest BCUT2D eigenvalue weighted by molar-refractivity contribution is 6.02. The van der Waals surface area contributed by atoms with Gasteiger partial charge in [0, 0.05) is 11.8 Å². The molecule has 3 aromatic carbocycles. The van der Waals surface area contributed by atoms with E-state index >= 15 is 0 Å². The predicted octanol–water partition coefficient (Wildman–Crippen LogP) is 4.28. The van der Waals surface area contributed by atoms with E-state index in [2.05, 4.69) is 16.0 Å². The van der Waals surface area contributed by atoms with E-state index in [-0.39, 0.29) is 11.8 Å². The summed E-state index contributed by atoms with van der Waals surface area (Å²) in [7, 11) is 5.75. The molecule has 0 radical (unpaired) electrons. The van der Waals surface area contributed by atoms with Crippen molar-refractivity contribution < 1.29 is 9.84 Å². The molecule has 0 amide bonds. The Kier molecular flexibility index (Phi) is 5.54. The van der Waals surface area contributed by atoms with Crippen LogP contribution in [0.4, 0.5) is 0 Å². The van der Waals surface area contributed by atoms with E-state index in [4.69, 9.17) is 4.74 Å². The lowest BCUT2D eigenvalue weighted by molar-refractivity contribution is 0.305. The molecule has 0 aromatic heterocycles. The zero-order valence-corrected chi connectivity index (χ0v) is 15.4. The molecule has 1 N–H and O–H groups in total. The third kappa shape index (κ3) is 3.86. The van der Waals surface area contributed by atoms with Crippen LogP contribution in [0.2, 0.25) is 0 Å². The van der Waals surface area contributed by atoms with Crippen molar-refractivity contribution in [3.05, 3.63) is 71.8 Å². The van der Waals surface area contributed by atoms with Crippen molar-refractivity contribution >= 4 is 17.0 Å². The van der Waals surface area contributed by atoms with Crippen molar-refractivity contribution in [2.75, 3.05) is 27.7 Å². The van der Waals surface area contributed by atoms with Gasteiger partial charge in [0.2, 0.25) is 0 Å². The lowest BCUT2D eigenvalue weighted by Crippen LogP contribution is -2.22. The highest BCUT2D eigenvalue weighted by atomic mass is 16.5. The second-order valence-corrected chi connectivity index (χ2v) is 6.47. The monoisotopic (exact) mass is 348 g/mol. The number of likely N-dealkylation sites (N-methyl/N-ethyl adjacent to an activating group) is 1. The highest BCUT2D eigenvalue weighted by Crippen LogP contribution is 2.26. The van der Waals surface area contributed by atoms with Crippen molar-refractivity contribution in [3.8, 4) is 11.5 Å². The summed E-state index contributed by atoms with van der Waals surface area (Å²) in [4.78, 5) is 6.77. The third-order valence-electron chi connectivity index (χ3n) is 4.55. The summed E-state index contributed by atoms with van der Waals surface area (Å²) in [5, 5.41) is 12.3. The summed E-state index contributed by atoms with van der Waals surface area (Å²) in [5.41, 5.74) is 1.90. The molecule has 0 saturated heterocycles. The fourth-order valence-electron chi connectivity index (χ4n) is 3.08. The zero-order valence-electron chi connectivity index (χ0n) is 15.4. The van der Waals surface area contributed by atoms with Gasteiger partial charge in [-0.2, -0.15) is 0 Å². The van der Waals surface area contributed by atoms with Crippen molar-refractivity contribution in [2.24, 2.45) is 4.99 Å². The van der Waals surface area contributed by atoms with E-state index in [0.29, 0.717) is 6.54 Å². The first-order valence-electron chi connectivity index (χ1n) is 8.61. The third-order valence-corrected chi connectivity index (χ3v) is 4.55. The van der Waals surface area contributed by atoms with Gasteiger partial charge in [-0.05, 0) is 48.6 Å². The smallest absolute Gasteiger partial charge is 0.124 e.